The summed E-state index contributed by atoms with van der Waals surface area (Å²) in [4.78, 5) is 22.5. The van der Waals surface area contributed by atoms with E-state index in [0.29, 0.717) is 26.8 Å². The van der Waals surface area contributed by atoms with Gasteiger partial charge in [0.2, 0.25) is 0 Å². The predicted octanol–water partition coefficient (Wildman–Crippen LogP) is 5.89. The Kier molecular flexibility index (Phi) is 5.88. The van der Waals surface area contributed by atoms with Crippen LogP contribution in [0.5, 0.6) is 0 Å². The highest BCUT2D eigenvalue weighted by molar-refractivity contribution is 7.99. The molecule has 2 aromatic heterocycles. The number of thioether (sulfide) groups is 1. The second-order valence-electron chi connectivity index (χ2n) is 7.60. The van der Waals surface area contributed by atoms with Crippen LogP contribution in [0.2, 0.25) is 0 Å². The molecule has 8 heteroatoms. The average molecular weight is 483 g/mol. The first-order chi connectivity index (χ1) is 16.5. The summed E-state index contributed by atoms with van der Waals surface area (Å²) in [6, 6.07) is 24.5. The van der Waals surface area contributed by atoms with Crippen LogP contribution in [-0.4, -0.2) is 25.4 Å². The van der Waals surface area contributed by atoms with E-state index < -0.39 is 0 Å². The molecular weight excluding hydrogens is 464 g/mol. The number of hydrogen-bond acceptors (Lipinski definition) is 7. The number of rotatable bonds is 5. The fourth-order valence-electron chi connectivity index (χ4n) is 3.55. The number of aromatic nitrogens is 3. The second kappa shape index (κ2) is 9.14. The van der Waals surface area contributed by atoms with E-state index in [-0.39, 0.29) is 22.6 Å². The molecule has 0 spiro atoms. The van der Waals surface area contributed by atoms with Crippen LogP contribution >= 0.6 is 23.1 Å². The van der Waals surface area contributed by atoms with Gasteiger partial charge in [0.25, 0.3) is 5.56 Å². The van der Waals surface area contributed by atoms with Crippen LogP contribution in [-0.2, 0) is 0 Å². The average Bonchev–Trinajstić information content (AvgIpc) is 3.28. The van der Waals surface area contributed by atoms with Gasteiger partial charge in [0.1, 0.15) is 22.4 Å². The highest BCUT2D eigenvalue weighted by atomic mass is 32.2. The predicted molar refractivity (Wildman–Crippen MR) is 138 cm³/mol. The Labute approximate surface area is 203 Å². The van der Waals surface area contributed by atoms with Gasteiger partial charge in [-0.15, -0.1) is 11.3 Å². The summed E-state index contributed by atoms with van der Waals surface area (Å²) in [5.41, 5.74) is 3.06. The zero-order valence-corrected chi connectivity index (χ0v) is 19.7. The van der Waals surface area contributed by atoms with Crippen LogP contribution in [0.25, 0.3) is 32.4 Å². The van der Waals surface area contributed by atoms with E-state index in [2.05, 4.69) is 11.1 Å². The number of benzene rings is 3. The summed E-state index contributed by atoms with van der Waals surface area (Å²) in [5, 5.41) is 22.0. The first-order valence-corrected chi connectivity index (χ1v) is 12.2. The monoisotopic (exact) mass is 482 g/mol. The molecular formula is C26H18N4O2S2. The number of thiazole rings is 1. The van der Waals surface area contributed by atoms with Crippen molar-refractivity contribution < 1.29 is 5.11 Å². The number of nitrogens with zero attached hydrogens (tertiary/aromatic N) is 4. The van der Waals surface area contributed by atoms with Crippen LogP contribution in [0.15, 0.2) is 88.5 Å². The summed E-state index contributed by atoms with van der Waals surface area (Å²) >= 11 is 2.55. The SMILES string of the molecule is Cc1ccc(-n2c(SC/C(O)=C(\C#N)c3nc4ccccc4s3)nc3ccccc3c2=O)cc1. The molecule has 6 nitrogen and oxygen atoms in total. The minimum absolute atomic E-state index is 0.0649. The molecule has 0 saturated heterocycles. The minimum Gasteiger partial charge on any atom is -0.510 e. The third-order valence-corrected chi connectivity index (χ3v) is 7.29. The number of aliphatic hydroxyl groups is 1. The fraction of sp³-hybridized carbons (Fsp3) is 0.0769. The summed E-state index contributed by atoms with van der Waals surface area (Å²) < 4.78 is 2.49. The number of allylic oxidation sites excluding steroid dienone is 1. The summed E-state index contributed by atoms with van der Waals surface area (Å²) in [7, 11) is 0. The van der Waals surface area contributed by atoms with Crippen molar-refractivity contribution in [3.05, 3.63) is 99.5 Å². The van der Waals surface area contributed by atoms with Crippen molar-refractivity contribution in [3.63, 3.8) is 0 Å². The maximum absolute atomic E-state index is 13.4. The number of fused-ring (bicyclic) bond motifs is 2. The van der Waals surface area contributed by atoms with Crippen molar-refractivity contribution in [2.24, 2.45) is 0 Å². The van der Waals surface area contributed by atoms with Crippen LogP contribution in [0, 0.1) is 18.3 Å². The minimum atomic E-state index is -0.188. The largest absolute Gasteiger partial charge is 0.510 e. The van der Waals surface area contributed by atoms with E-state index >= 15 is 0 Å². The van der Waals surface area contributed by atoms with E-state index in [4.69, 9.17) is 4.98 Å². The molecule has 166 valence electrons. The van der Waals surface area contributed by atoms with Gasteiger partial charge in [-0.3, -0.25) is 9.36 Å². The molecule has 34 heavy (non-hydrogen) atoms. The van der Waals surface area contributed by atoms with Crippen LogP contribution in [0.3, 0.4) is 0 Å². The van der Waals surface area contributed by atoms with Crippen molar-refractivity contribution in [1.82, 2.24) is 14.5 Å². The van der Waals surface area contributed by atoms with Gasteiger partial charge in [-0.2, -0.15) is 5.26 Å². The number of para-hydroxylation sites is 2. The Morgan fingerprint density at radius 2 is 1.74 bits per heavy atom. The van der Waals surface area contributed by atoms with Crippen molar-refractivity contribution >= 4 is 49.8 Å². The zero-order chi connectivity index (χ0) is 23.7. The quantitative estimate of drug-likeness (QED) is 0.145. The third-order valence-electron chi connectivity index (χ3n) is 5.28. The lowest BCUT2D eigenvalue weighted by atomic mass is 10.2. The number of aryl methyl sites for hydroxylation is 1. The van der Waals surface area contributed by atoms with Crippen LogP contribution in [0.4, 0.5) is 0 Å². The van der Waals surface area contributed by atoms with Crippen LogP contribution < -0.4 is 5.56 Å². The summed E-state index contributed by atoms with van der Waals surface area (Å²) in [6.45, 7) is 1.98. The summed E-state index contributed by atoms with van der Waals surface area (Å²) in [5.74, 6) is -0.0421. The van der Waals surface area contributed by atoms with Gasteiger partial charge in [0, 0.05) is 0 Å². The third kappa shape index (κ3) is 4.07. The summed E-state index contributed by atoms with van der Waals surface area (Å²) in [6.07, 6.45) is 0. The molecule has 0 radical (unpaired) electrons. The molecule has 5 rings (SSSR count). The maximum Gasteiger partial charge on any atom is 0.266 e. The first-order valence-electron chi connectivity index (χ1n) is 10.4. The molecule has 1 N–H and O–H groups in total. The topological polar surface area (TPSA) is 91.8 Å². The number of nitriles is 1. The molecule has 0 aliphatic heterocycles. The van der Waals surface area contributed by atoms with Crippen molar-refractivity contribution in [1.29, 1.82) is 5.26 Å². The van der Waals surface area contributed by atoms with Crippen molar-refractivity contribution in [2.75, 3.05) is 5.75 Å². The van der Waals surface area contributed by atoms with Gasteiger partial charge >= 0.3 is 0 Å². The van der Waals surface area contributed by atoms with Crippen molar-refractivity contribution in [2.45, 2.75) is 12.1 Å². The maximum atomic E-state index is 13.4. The molecule has 5 aromatic rings. The normalized spacial score (nSPS) is 12.0. The Balaban J connectivity index is 1.56. The molecule has 0 fully saturated rings. The Morgan fingerprint density at radius 1 is 1.03 bits per heavy atom. The van der Waals surface area contributed by atoms with E-state index in [0.717, 1.165) is 15.8 Å². The molecule has 0 unspecified atom stereocenters. The van der Waals surface area contributed by atoms with E-state index in [1.54, 1.807) is 16.7 Å². The van der Waals surface area contributed by atoms with E-state index in [1.807, 2.05) is 67.6 Å². The van der Waals surface area contributed by atoms with E-state index in [9.17, 15) is 15.2 Å². The van der Waals surface area contributed by atoms with Gasteiger partial charge in [0.05, 0.1) is 32.6 Å². The lowest BCUT2D eigenvalue weighted by Gasteiger charge is -2.13. The highest BCUT2D eigenvalue weighted by Gasteiger charge is 2.17. The smallest absolute Gasteiger partial charge is 0.266 e. The van der Waals surface area contributed by atoms with Gasteiger partial charge in [-0.1, -0.05) is 53.7 Å². The van der Waals surface area contributed by atoms with Gasteiger partial charge in [-0.05, 0) is 43.3 Å². The van der Waals surface area contributed by atoms with Gasteiger partial charge in [0.15, 0.2) is 5.16 Å². The lowest BCUT2D eigenvalue weighted by Crippen LogP contribution is -2.22. The zero-order valence-electron chi connectivity index (χ0n) is 18.1. The molecule has 0 aliphatic carbocycles. The molecule has 0 amide bonds. The highest BCUT2D eigenvalue weighted by Crippen LogP contribution is 2.30. The molecule has 0 aliphatic rings. The van der Waals surface area contributed by atoms with E-state index in [1.165, 1.54) is 23.1 Å². The Morgan fingerprint density at radius 3 is 2.47 bits per heavy atom. The lowest BCUT2D eigenvalue weighted by molar-refractivity contribution is 0.420. The Hall–Kier alpha value is -3.93. The molecule has 3 aromatic carbocycles. The van der Waals surface area contributed by atoms with Crippen LogP contribution in [0.1, 0.15) is 10.6 Å². The Bertz CT molecular complexity index is 1630. The second-order valence-corrected chi connectivity index (χ2v) is 9.57. The molecule has 0 bridgehead atoms. The number of hydrogen-bond donors (Lipinski definition) is 1. The molecule has 0 saturated carbocycles. The fourth-order valence-corrected chi connectivity index (χ4v) is 5.42. The van der Waals surface area contributed by atoms with Gasteiger partial charge in [-0.25, -0.2) is 9.97 Å². The standard InChI is InChI=1S/C26H18N4O2S2/c1-16-10-12-17(13-11-16)30-25(32)18-6-2-3-7-20(18)29-26(30)33-15-22(31)19(14-27)24-28-21-8-4-5-9-23(21)34-24/h2-13,31H,15H2,1H3/b22-19-. The first kappa shape index (κ1) is 21.9. The van der Waals surface area contributed by atoms with Gasteiger partial charge < -0.3 is 5.11 Å². The number of aliphatic hydroxyl groups excluding tert-OH is 1. The molecule has 0 atom stereocenters. The van der Waals surface area contributed by atoms with Crippen molar-refractivity contribution in [3.8, 4) is 11.8 Å². The molecule has 2 heterocycles.